The number of aryl methyl sites for hydroxylation is 1. The fourth-order valence-corrected chi connectivity index (χ4v) is 3.36. The molecule has 0 aromatic carbocycles. The van der Waals surface area contributed by atoms with Crippen molar-refractivity contribution in [2.45, 2.75) is 33.2 Å². The number of hydrogen-bond acceptors (Lipinski definition) is 6. The molecule has 3 heterocycles. The van der Waals surface area contributed by atoms with E-state index in [0.29, 0.717) is 30.4 Å². The second kappa shape index (κ2) is 8.46. The van der Waals surface area contributed by atoms with Gasteiger partial charge in [0.05, 0.1) is 30.3 Å². The Morgan fingerprint density at radius 1 is 1.32 bits per heavy atom. The quantitative estimate of drug-likeness (QED) is 0.389. The van der Waals surface area contributed by atoms with Crippen LogP contribution in [0.15, 0.2) is 12.4 Å². The molecule has 0 fully saturated rings. The van der Waals surface area contributed by atoms with Gasteiger partial charge in [-0.2, -0.15) is 4.98 Å². The van der Waals surface area contributed by atoms with E-state index in [1.54, 1.807) is 7.11 Å². The molecule has 0 atom stereocenters. The first-order chi connectivity index (χ1) is 13.5. The van der Waals surface area contributed by atoms with E-state index >= 15 is 0 Å². The number of aliphatic hydroxyl groups is 1. The molecule has 0 saturated carbocycles. The number of ether oxygens (including phenoxy) is 1. The lowest BCUT2D eigenvalue weighted by molar-refractivity contribution is 0.290. The second-order valence-electron chi connectivity index (χ2n) is 6.40. The van der Waals surface area contributed by atoms with Crippen molar-refractivity contribution in [1.82, 2.24) is 19.5 Å². The smallest absolute Gasteiger partial charge is 0.223 e. The topological polar surface area (TPSA) is 99.1 Å². The first-order valence-corrected chi connectivity index (χ1v) is 9.24. The Bertz CT molecular complexity index is 1080. The van der Waals surface area contributed by atoms with E-state index in [1.807, 2.05) is 30.8 Å². The second-order valence-corrected chi connectivity index (χ2v) is 6.76. The minimum absolute atomic E-state index is 0.105. The molecule has 0 saturated heterocycles. The Labute approximate surface area is 168 Å². The number of aromatic nitrogens is 4. The van der Waals surface area contributed by atoms with Crippen molar-refractivity contribution in [3.05, 3.63) is 39.9 Å². The van der Waals surface area contributed by atoms with Crippen LogP contribution in [0.2, 0.25) is 5.15 Å². The maximum atomic E-state index is 8.92. The average molecular weight is 400 g/mol. The minimum atomic E-state index is 0.105. The monoisotopic (exact) mass is 399 g/mol. The molecule has 0 unspecified atom stereocenters. The zero-order chi connectivity index (χ0) is 20.3. The zero-order valence-corrected chi connectivity index (χ0v) is 16.8. The predicted molar refractivity (Wildman–Crippen MR) is 110 cm³/mol. The van der Waals surface area contributed by atoms with Crippen LogP contribution in [0.4, 0.5) is 5.95 Å². The summed E-state index contributed by atoms with van der Waals surface area (Å²) in [4.78, 5) is 12.9. The Kier molecular flexibility index (Phi) is 6.02. The average Bonchev–Trinajstić information content (AvgIpc) is 2.99. The lowest BCUT2D eigenvalue weighted by atomic mass is 10.1. The van der Waals surface area contributed by atoms with Gasteiger partial charge in [-0.1, -0.05) is 23.4 Å². The number of halogens is 1. The van der Waals surface area contributed by atoms with Crippen LogP contribution in [0.5, 0.6) is 5.75 Å². The predicted octanol–water partition coefficient (Wildman–Crippen LogP) is 2.86. The summed E-state index contributed by atoms with van der Waals surface area (Å²) in [5.74, 6) is 7.03. The number of nitrogen functional groups attached to an aromatic ring is 1. The highest BCUT2D eigenvalue weighted by Crippen LogP contribution is 2.29. The third-order valence-electron chi connectivity index (χ3n) is 4.48. The molecule has 0 radical (unpaired) electrons. The van der Waals surface area contributed by atoms with Crippen molar-refractivity contribution < 1.29 is 9.84 Å². The molecule has 0 spiro atoms. The van der Waals surface area contributed by atoms with Gasteiger partial charge in [-0.3, -0.25) is 4.98 Å². The number of rotatable bonds is 5. The Balaban J connectivity index is 2.10. The molecular weight excluding hydrogens is 378 g/mol. The summed E-state index contributed by atoms with van der Waals surface area (Å²) in [5.41, 5.74) is 10.0. The van der Waals surface area contributed by atoms with Crippen molar-refractivity contribution in [2.75, 3.05) is 19.5 Å². The molecule has 3 aromatic heterocycles. The SMILES string of the molecule is COc1c(C)ncc(Cn2cc(C#CCCCO)c3c(Cl)nc(N)nc32)c1C. The number of nitrogens with two attached hydrogens (primary N) is 1. The van der Waals surface area contributed by atoms with Gasteiger partial charge in [-0.15, -0.1) is 0 Å². The van der Waals surface area contributed by atoms with E-state index in [0.717, 1.165) is 28.1 Å². The highest BCUT2D eigenvalue weighted by Gasteiger charge is 2.16. The van der Waals surface area contributed by atoms with Crippen LogP contribution in [0.25, 0.3) is 11.0 Å². The summed E-state index contributed by atoms with van der Waals surface area (Å²) < 4.78 is 7.42. The van der Waals surface area contributed by atoms with Crippen LogP contribution in [-0.2, 0) is 6.54 Å². The fraction of sp³-hybridized carbons (Fsp3) is 0.350. The first kappa shape index (κ1) is 19.9. The fourth-order valence-electron chi connectivity index (χ4n) is 3.09. The molecule has 8 heteroatoms. The highest BCUT2D eigenvalue weighted by atomic mass is 35.5. The Morgan fingerprint density at radius 3 is 2.82 bits per heavy atom. The van der Waals surface area contributed by atoms with E-state index in [4.69, 9.17) is 27.2 Å². The molecule has 3 aromatic rings. The van der Waals surface area contributed by atoms with Gasteiger partial charge >= 0.3 is 0 Å². The summed E-state index contributed by atoms with van der Waals surface area (Å²) in [6, 6.07) is 0. The van der Waals surface area contributed by atoms with Gasteiger partial charge < -0.3 is 20.1 Å². The lowest BCUT2D eigenvalue weighted by Crippen LogP contribution is -2.06. The van der Waals surface area contributed by atoms with E-state index in [9.17, 15) is 0 Å². The standard InChI is InChI=1S/C20H22ClN5O2/c1-12-15(9-23-13(2)17(12)28-3)11-26-10-14(7-5-4-6-8-27)16-18(21)24-20(22)25-19(16)26/h9-10,27H,4,6,8,11H2,1-3H3,(H2,22,24,25). The number of hydrogen-bond donors (Lipinski definition) is 2. The van der Waals surface area contributed by atoms with Gasteiger partial charge in [0.2, 0.25) is 5.95 Å². The van der Waals surface area contributed by atoms with Crippen LogP contribution in [0.3, 0.4) is 0 Å². The van der Waals surface area contributed by atoms with Gasteiger partial charge in [0.25, 0.3) is 0 Å². The van der Waals surface area contributed by atoms with Crippen LogP contribution >= 0.6 is 11.6 Å². The summed E-state index contributed by atoms with van der Waals surface area (Å²) in [7, 11) is 1.64. The largest absolute Gasteiger partial charge is 0.495 e. The number of unbranched alkanes of at least 4 members (excludes halogenated alkanes) is 1. The van der Waals surface area contributed by atoms with Crippen molar-refractivity contribution in [3.63, 3.8) is 0 Å². The van der Waals surface area contributed by atoms with E-state index in [-0.39, 0.29) is 17.7 Å². The van der Waals surface area contributed by atoms with Crippen LogP contribution in [0.1, 0.15) is 35.2 Å². The summed E-state index contributed by atoms with van der Waals surface area (Å²) in [5, 5.41) is 9.85. The minimum Gasteiger partial charge on any atom is -0.495 e. The van der Waals surface area contributed by atoms with E-state index in [1.165, 1.54) is 0 Å². The van der Waals surface area contributed by atoms with Crippen molar-refractivity contribution in [3.8, 4) is 17.6 Å². The third-order valence-corrected chi connectivity index (χ3v) is 4.76. The van der Waals surface area contributed by atoms with Crippen LogP contribution in [0, 0.1) is 25.7 Å². The number of nitrogens with zero attached hydrogens (tertiary/aromatic N) is 4. The summed E-state index contributed by atoms with van der Waals surface area (Å²) in [6.45, 7) is 4.53. The molecule has 0 aliphatic heterocycles. The lowest BCUT2D eigenvalue weighted by Gasteiger charge is -2.13. The number of methoxy groups -OCH3 is 1. The van der Waals surface area contributed by atoms with Gasteiger partial charge in [-0.25, -0.2) is 4.98 Å². The number of aliphatic hydroxyl groups excluding tert-OH is 1. The molecule has 7 nitrogen and oxygen atoms in total. The molecule has 146 valence electrons. The first-order valence-electron chi connectivity index (χ1n) is 8.86. The number of anilines is 1. The molecule has 0 amide bonds. The number of fused-ring (bicyclic) bond motifs is 1. The zero-order valence-electron chi connectivity index (χ0n) is 16.1. The molecule has 3 N–H and O–H groups in total. The Morgan fingerprint density at radius 2 is 2.11 bits per heavy atom. The molecule has 0 aliphatic rings. The highest BCUT2D eigenvalue weighted by molar-refractivity contribution is 6.34. The van der Waals surface area contributed by atoms with E-state index in [2.05, 4.69) is 26.8 Å². The number of pyridine rings is 1. The Hall–Kier alpha value is -2.82. The summed E-state index contributed by atoms with van der Waals surface area (Å²) >= 11 is 6.34. The van der Waals surface area contributed by atoms with Crippen LogP contribution in [-0.4, -0.2) is 38.3 Å². The van der Waals surface area contributed by atoms with Gasteiger partial charge in [-0.05, 0) is 31.4 Å². The molecule has 3 rings (SSSR count). The third kappa shape index (κ3) is 3.88. The van der Waals surface area contributed by atoms with Crippen molar-refractivity contribution >= 4 is 28.6 Å². The van der Waals surface area contributed by atoms with Gasteiger partial charge in [0.15, 0.2) is 0 Å². The molecule has 0 bridgehead atoms. The van der Waals surface area contributed by atoms with Gasteiger partial charge in [0, 0.05) is 25.4 Å². The normalized spacial score (nSPS) is 10.8. The molecule has 28 heavy (non-hydrogen) atoms. The van der Waals surface area contributed by atoms with Crippen LogP contribution < -0.4 is 10.5 Å². The maximum Gasteiger partial charge on any atom is 0.223 e. The summed E-state index contributed by atoms with van der Waals surface area (Å²) in [6.07, 6.45) is 4.94. The van der Waals surface area contributed by atoms with E-state index < -0.39 is 0 Å². The molecule has 0 aliphatic carbocycles. The van der Waals surface area contributed by atoms with Crippen molar-refractivity contribution in [2.24, 2.45) is 0 Å². The van der Waals surface area contributed by atoms with Gasteiger partial charge in [0.1, 0.15) is 16.5 Å². The van der Waals surface area contributed by atoms with Crippen molar-refractivity contribution in [1.29, 1.82) is 0 Å². The maximum absolute atomic E-state index is 8.92. The molecular formula is C20H22ClN5O2.